The molecule has 4 nitrogen and oxygen atoms in total. The van der Waals surface area contributed by atoms with Crippen LogP contribution in [0.5, 0.6) is 0 Å². The summed E-state index contributed by atoms with van der Waals surface area (Å²) in [5.41, 5.74) is 2.46. The lowest BCUT2D eigenvalue weighted by molar-refractivity contribution is 0.102. The Kier molecular flexibility index (Phi) is 3.73. The lowest BCUT2D eigenvalue weighted by Crippen LogP contribution is -2.12. The largest absolute Gasteiger partial charge is 0.322 e. The molecule has 1 N–H and O–H groups in total. The molecule has 0 saturated heterocycles. The van der Waals surface area contributed by atoms with Crippen LogP contribution in [0.15, 0.2) is 48.8 Å². The van der Waals surface area contributed by atoms with Crippen molar-refractivity contribution in [3.63, 3.8) is 0 Å². The van der Waals surface area contributed by atoms with Crippen LogP contribution in [0.25, 0.3) is 11.0 Å². The fraction of sp³-hybridized carbons (Fsp3) is 0. The Morgan fingerprint density at radius 2 is 1.71 bits per heavy atom. The van der Waals surface area contributed by atoms with Crippen LogP contribution in [0.2, 0.25) is 10.0 Å². The molecule has 2 aromatic carbocycles. The number of amides is 1. The van der Waals surface area contributed by atoms with E-state index in [4.69, 9.17) is 23.2 Å². The third-order valence-electron chi connectivity index (χ3n) is 2.90. The Morgan fingerprint density at radius 1 is 0.952 bits per heavy atom. The van der Waals surface area contributed by atoms with E-state index in [1.165, 1.54) is 6.07 Å². The number of benzene rings is 2. The van der Waals surface area contributed by atoms with Crippen molar-refractivity contribution in [3.05, 3.63) is 64.4 Å². The van der Waals surface area contributed by atoms with Crippen molar-refractivity contribution in [2.24, 2.45) is 0 Å². The number of hydrogen-bond acceptors (Lipinski definition) is 3. The maximum atomic E-state index is 12.2. The number of nitrogens with zero attached hydrogens (tertiary/aromatic N) is 2. The number of rotatable bonds is 2. The van der Waals surface area contributed by atoms with Gasteiger partial charge in [0.25, 0.3) is 5.91 Å². The third kappa shape index (κ3) is 2.96. The molecule has 21 heavy (non-hydrogen) atoms. The monoisotopic (exact) mass is 317 g/mol. The number of aromatic nitrogens is 2. The quantitative estimate of drug-likeness (QED) is 0.771. The minimum absolute atomic E-state index is 0.306. The Balaban J connectivity index is 1.89. The van der Waals surface area contributed by atoms with Gasteiger partial charge in [-0.3, -0.25) is 14.8 Å². The molecule has 3 rings (SSSR count). The molecule has 0 saturated carbocycles. The zero-order valence-electron chi connectivity index (χ0n) is 10.7. The van der Waals surface area contributed by atoms with Crippen LogP contribution in [-0.2, 0) is 0 Å². The summed E-state index contributed by atoms with van der Waals surface area (Å²) in [6.07, 6.45) is 3.22. The van der Waals surface area contributed by atoms with Crippen LogP contribution in [0.1, 0.15) is 10.4 Å². The Bertz CT molecular complexity index is 836. The Labute approximate surface area is 130 Å². The lowest BCUT2D eigenvalue weighted by atomic mass is 10.2. The molecule has 1 heterocycles. The van der Waals surface area contributed by atoms with Gasteiger partial charge in [0.15, 0.2) is 0 Å². The molecule has 0 bridgehead atoms. The molecule has 0 aliphatic heterocycles. The number of nitrogens with one attached hydrogen (secondary N) is 1. The van der Waals surface area contributed by atoms with Crippen molar-refractivity contribution in [1.29, 1.82) is 0 Å². The van der Waals surface area contributed by atoms with E-state index < -0.39 is 0 Å². The highest BCUT2D eigenvalue weighted by molar-refractivity contribution is 6.37. The van der Waals surface area contributed by atoms with Crippen LogP contribution in [-0.4, -0.2) is 15.9 Å². The van der Waals surface area contributed by atoms with Crippen molar-refractivity contribution in [2.75, 3.05) is 5.32 Å². The maximum absolute atomic E-state index is 12.2. The summed E-state index contributed by atoms with van der Waals surface area (Å²) in [4.78, 5) is 20.6. The second-order valence-electron chi connectivity index (χ2n) is 4.34. The first-order valence-electron chi connectivity index (χ1n) is 6.11. The number of carbonyl (C=O) groups is 1. The third-order valence-corrected chi connectivity index (χ3v) is 3.45. The van der Waals surface area contributed by atoms with Gasteiger partial charge in [-0.15, -0.1) is 0 Å². The molecule has 0 atom stereocenters. The number of hydrogen-bond donors (Lipinski definition) is 1. The molecule has 104 valence electrons. The highest BCUT2D eigenvalue weighted by Gasteiger charge is 2.11. The SMILES string of the molecule is O=C(Nc1ccc2nccnc2c1)c1ccc(Cl)cc1Cl. The predicted octanol–water partition coefficient (Wildman–Crippen LogP) is 4.19. The molecule has 1 amide bonds. The topological polar surface area (TPSA) is 54.9 Å². The van der Waals surface area contributed by atoms with Gasteiger partial charge in [-0.05, 0) is 36.4 Å². The lowest BCUT2D eigenvalue weighted by Gasteiger charge is -2.07. The van der Waals surface area contributed by atoms with Crippen LogP contribution in [0.4, 0.5) is 5.69 Å². The molecular formula is C15H9Cl2N3O. The van der Waals surface area contributed by atoms with Gasteiger partial charge >= 0.3 is 0 Å². The number of carbonyl (C=O) groups excluding carboxylic acids is 1. The van der Waals surface area contributed by atoms with Crippen molar-refractivity contribution < 1.29 is 4.79 Å². The molecule has 3 aromatic rings. The van der Waals surface area contributed by atoms with Gasteiger partial charge in [0.05, 0.1) is 21.6 Å². The van der Waals surface area contributed by atoms with Crippen LogP contribution in [0, 0.1) is 0 Å². The summed E-state index contributed by atoms with van der Waals surface area (Å²) in [6.45, 7) is 0. The van der Waals surface area contributed by atoms with Crippen molar-refractivity contribution >= 4 is 45.8 Å². The minimum atomic E-state index is -0.306. The summed E-state index contributed by atoms with van der Waals surface area (Å²) >= 11 is 11.8. The maximum Gasteiger partial charge on any atom is 0.257 e. The van der Waals surface area contributed by atoms with Crippen molar-refractivity contribution in [2.45, 2.75) is 0 Å². The molecule has 1 aromatic heterocycles. The van der Waals surface area contributed by atoms with Gasteiger partial charge in [-0.2, -0.15) is 0 Å². The summed E-state index contributed by atoms with van der Waals surface area (Å²) in [6, 6.07) is 10.0. The van der Waals surface area contributed by atoms with E-state index in [0.29, 0.717) is 26.8 Å². The van der Waals surface area contributed by atoms with E-state index in [1.807, 2.05) is 0 Å². The van der Waals surface area contributed by atoms with Gasteiger partial charge in [0.2, 0.25) is 0 Å². The molecule has 0 radical (unpaired) electrons. The number of halogens is 2. The van der Waals surface area contributed by atoms with E-state index in [-0.39, 0.29) is 5.91 Å². The zero-order valence-corrected chi connectivity index (χ0v) is 12.2. The Morgan fingerprint density at radius 3 is 2.48 bits per heavy atom. The van der Waals surface area contributed by atoms with Gasteiger partial charge in [-0.25, -0.2) is 0 Å². The normalized spacial score (nSPS) is 10.6. The molecular weight excluding hydrogens is 309 g/mol. The number of anilines is 1. The summed E-state index contributed by atoms with van der Waals surface area (Å²) in [7, 11) is 0. The van der Waals surface area contributed by atoms with Gasteiger partial charge in [0.1, 0.15) is 0 Å². The predicted molar refractivity (Wildman–Crippen MR) is 84.0 cm³/mol. The first-order valence-corrected chi connectivity index (χ1v) is 6.86. The van der Waals surface area contributed by atoms with E-state index in [0.717, 1.165) is 5.52 Å². The van der Waals surface area contributed by atoms with Crippen molar-refractivity contribution in [1.82, 2.24) is 9.97 Å². The van der Waals surface area contributed by atoms with Gasteiger partial charge < -0.3 is 5.32 Å². The fourth-order valence-electron chi connectivity index (χ4n) is 1.91. The van der Waals surface area contributed by atoms with E-state index in [9.17, 15) is 4.79 Å². The molecule has 0 fully saturated rings. The first-order chi connectivity index (χ1) is 10.1. The summed E-state index contributed by atoms with van der Waals surface area (Å²) < 4.78 is 0. The standard InChI is InChI=1S/C15H9Cl2N3O/c16-9-1-3-11(12(17)7-9)15(21)20-10-2-4-13-14(8-10)19-6-5-18-13/h1-8H,(H,20,21). The van der Waals surface area contributed by atoms with E-state index in [2.05, 4.69) is 15.3 Å². The average Bonchev–Trinajstić information content (AvgIpc) is 2.47. The second kappa shape index (κ2) is 5.68. The smallest absolute Gasteiger partial charge is 0.257 e. The molecule has 0 spiro atoms. The van der Waals surface area contributed by atoms with Crippen LogP contribution in [0.3, 0.4) is 0 Å². The van der Waals surface area contributed by atoms with Crippen molar-refractivity contribution in [3.8, 4) is 0 Å². The average molecular weight is 318 g/mol. The van der Waals surface area contributed by atoms with Gasteiger partial charge in [0, 0.05) is 23.1 Å². The molecule has 0 aliphatic carbocycles. The minimum Gasteiger partial charge on any atom is -0.322 e. The zero-order chi connectivity index (χ0) is 14.8. The molecule has 0 aliphatic rings. The van der Waals surface area contributed by atoms with Gasteiger partial charge in [-0.1, -0.05) is 23.2 Å². The van der Waals surface area contributed by atoms with Crippen LogP contribution >= 0.6 is 23.2 Å². The fourth-order valence-corrected chi connectivity index (χ4v) is 2.41. The van der Waals surface area contributed by atoms with E-state index in [1.54, 1.807) is 42.7 Å². The first kappa shape index (κ1) is 13.8. The number of fused-ring (bicyclic) bond motifs is 1. The van der Waals surface area contributed by atoms with Crippen LogP contribution < -0.4 is 5.32 Å². The molecule has 6 heteroatoms. The summed E-state index contributed by atoms with van der Waals surface area (Å²) in [5.74, 6) is -0.306. The summed E-state index contributed by atoms with van der Waals surface area (Å²) in [5, 5.41) is 3.57. The highest BCUT2D eigenvalue weighted by atomic mass is 35.5. The second-order valence-corrected chi connectivity index (χ2v) is 5.18. The Hall–Kier alpha value is -2.17. The van der Waals surface area contributed by atoms with E-state index >= 15 is 0 Å². The highest BCUT2D eigenvalue weighted by Crippen LogP contribution is 2.22. The molecule has 0 unspecified atom stereocenters.